The van der Waals surface area contributed by atoms with Crippen molar-refractivity contribution in [2.75, 3.05) is 6.61 Å². The number of unbranched alkanes of at least 4 members (excludes halogenated alkanes) is 1. The largest absolute Gasteiger partial charge is 0.461 e. The minimum atomic E-state index is -0.166. The molecular weight excluding hydrogens is 212 g/mol. The van der Waals surface area contributed by atoms with Gasteiger partial charge in [-0.15, -0.1) is 0 Å². The van der Waals surface area contributed by atoms with Crippen LogP contribution >= 0.6 is 0 Å². The van der Waals surface area contributed by atoms with Gasteiger partial charge in [0.1, 0.15) is 6.61 Å². The molecule has 17 heavy (non-hydrogen) atoms. The van der Waals surface area contributed by atoms with Crippen molar-refractivity contribution >= 4 is 5.97 Å². The molecule has 0 atom stereocenters. The van der Waals surface area contributed by atoms with E-state index in [9.17, 15) is 4.79 Å². The number of ether oxygens (including phenoxy) is 1. The molecule has 0 fully saturated rings. The van der Waals surface area contributed by atoms with E-state index in [0.29, 0.717) is 12.3 Å². The molecule has 0 rings (SSSR count). The van der Waals surface area contributed by atoms with E-state index in [2.05, 4.69) is 30.6 Å². The summed E-state index contributed by atoms with van der Waals surface area (Å²) in [5, 5.41) is 0. The molecule has 0 radical (unpaired) electrons. The average molecular weight is 232 g/mol. The van der Waals surface area contributed by atoms with E-state index < -0.39 is 0 Å². The Balaban J connectivity index is 3.68. The highest BCUT2D eigenvalue weighted by molar-refractivity contribution is 5.69. The lowest BCUT2D eigenvalue weighted by Crippen LogP contribution is -2.07. The molecule has 0 amide bonds. The molecule has 0 saturated carbocycles. The smallest absolute Gasteiger partial charge is 0.306 e. The summed E-state index contributed by atoms with van der Waals surface area (Å²) in [7, 11) is 0. The van der Waals surface area contributed by atoms with Gasteiger partial charge in [-0.1, -0.05) is 32.6 Å². The molecule has 0 N–H and O–H groups in total. The van der Waals surface area contributed by atoms with Crippen molar-refractivity contribution in [3.63, 3.8) is 0 Å². The minimum Gasteiger partial charge on any atom is -0.461 e. The zero-order valence-corrected chi connectivity index (χ0v) is 10.9. The maximum Gasteiger partial charge on any atom is 0.306 e. The molecule has 0 spiro atoms. The second kappa shape index (κ2) is 10.8. The monoisotopic (exact) mass is 232 g/mol. The van der Waals surface area contributed by atoms with Gasteiger partial charge in [-0.25, -0.2) is 0 Å². The third-order valence-corrected chi connectivity index (χ3v) is 1.71. The van der Waals surface area contributed by atoms with Gasteiger partial charge >= 0.3 is 5.97 Å². The number of hydrogen-bond donors (Lipinski definition) is 0. The number of esters is 1. The van der Waals surface area contributed by atoms with Crippen molar-refractivity contribution in [3.8, 4) is 23.7 Å². The third-order valence-electron chi connectivity index (χ3n) is 1.71. The SMILES string of the molecule is CCCC#CC#CC=CCOC(=O)CC(C)C. The van der Waals surface area contributed by atoms with Crippen LogP contribution in [0.5, 0.6) is 0 Å². The van der Waals surface area contributed by atoms with E-state index in [1.54, 1.807) is 12.2 Å². The predicted molar refractivity (Wildman–Crippen MR) is 70.0 cm³/mol. The number of hydrogen-bond acceptors (Lipinski definition) is 2. The summed E-state index contributed by atoms with van der Waals surface area (Å²) < 4.78 is 4.97. The minimum absolute atomic E-state index is 0.166. The first-order valence-electron chi connectivity index (χ1n) is 5.95. The van der Waals surface area contributed by atoms with Crippen LogP contribution < -0.4 is 0 Å². The van der Waals surface area contributed by atoms with E-state index in [1.807, 2.05) is 13.8 Å². The molecular formula is C15H20O2. The third kappa shape index (κ3) is 12.3. The fourth-order valence-corrected chi connectivity index (χ4v) is 0.950. The van der Waals surface area contributed by atoms with Gasteiger partial charge in [0.05, 0.1) is 0 Å². The van der Waals surface area contributed by atoms with Gasteiger partial charge in [0.25, 0.3) is 0 Å². The van der Waals surface area contributed by atoms with Crippen LogP contribution in [0.15, 0.2) is 12.2 Å². The molecule has 0 aromatic heterocycles. The summed E-state index contributed by atoms with van der Waals surface area (Å²) in [6.07, 6.45) is 5.76. The van der Waals surface area contributed by atoms with Crippen molar-refractivity contribution in [1.82, 2.24) is 0 Å². The van der Waals surface area contributed by atoms with Gasteiger partial charge in [-0.2, -0.15) is 0 Å². The molecule has 0 aromatic carbocycles. The highest BCUT2D eigenvalue weighted by Gasteiger charge is 2.03. The lowest BCUT2D eigenvalue weighted by atomic mass is 10.1. The first-order chi connectivity index (χ1) is 8.16. The zero-order valence-electron chi connectivity index (χ0n) is 10.9. The average Bonchev–Trinajstić information content (AvgIpc) is 2.26. The normalized spacial score (nSPS) is 9.41. The molecule has 0 heterocycles. The Morgan fingerprint density at radius 3 is 2.76 bits per heavy atom. The van der Waals surface area contributed by atoms with Gasteiger partial charge in [0.15, 0.2) is 0 Å². The zero-order chi connectivity index (χ0) is 12.9. The number of allylic oxidation sites excluding steroid dienone is 1. The molecule has 0 saturated heterocycles. The molecule has 0 bridgehead atoms. The fourth-order valence-electron chi connectivity index (χ4n) is 0.950. The summed E-state index contributed by atoms with van der Waals surface area (Å²) in [5.74, 6) is 11.3. The van der Waals surface area contributed by atoms with Gasteiger partial charge in [0.2, 0.25) is 0 Å². The molecule has 0 aliphatic rings. The van der Waals surface area contributed by atoms with Crippen molar-refractivity contribution in [2.45, 2.75) is 40.0 Å². The van der Waals surface area contributed by atoms with Gasteiger partial charge in [-0.05, 0) is 36.3 Å². The summed E-state index contributed by atoms with van der Waals surface area (Å²) >= 11 is 0. The first kappa shape index (κ1) is 15.3. The van der Waals surface area contributed by atoms with Gasteiger partial charge in [0, 0.05) is 12.8 Å². The van der Waals surface area contributed by atoms with E-state index in [-0.39, 0.29) is 12.6 Å². The fraction of sp³-hybridized carbons (Fsp3) is 0.533. The number of carbonyl (C=O) groups excluding carboxylic acids is 1. The first-order valence-corrected chi connectivity index (χ1v) is 5.95. The van der Waals surface area contributed by atoms with Crippen molar-refractivity contribution in [1.29, 1.82) is 0 Å². The Hall–Kier alpha value is -1.67. The molecule has 0 aromatic rings. The maximum atomic E-state index is 11.1. The van der Waals surface area contributed by atoms with Crippen LogP contribution in [-0.4, -0.2) is 12.6 Å². The quantitative estimate of drug-likeness (QED) is 0.538. The van der Waals surface area contributed by atoms with E-state index in [1.165, 1.54) is 0 Å². The number of rotatable bonds is 5. The standard InChI is InChI=1S/C15H20O2/c1-4-5-6-7-8-9-10-11-12-17-15(16)13-14(2)3/h10-11,14H,4-5,12-13H2,1-3H3. The Labute approximate surface area is 104 Å². The van der Waals surface area contributed by atoms with Crippen LogP contribution in [0, 0.1) is 29.6 Å². The molecule has 2 nitrogen and oxygen atoms in total. The van der Waals surface area contributed by atoms with Gasteiger partial charge in [-0.3, -0.25) is 4.79 Å². The van der Waals surface area contributed by atoms with Crippen molar-refractivity contribution in [3.05, 3.63) is 12.2 Å². The van der Waals surface area contributed by atoms with Crippen LogP contribution in [0.2, 0.25) is 0 Å². The Morgan fingerprint density at radius 1 is 1.35 bits per heavy atom. The summed E-state index contributed by atoms with van der Waals surface area (Å²) in [6, 6.07) is 0. The molecule has 0 aliphatic heterocycles. The highest BCUT2D eigenvalue weighted by Crippen LogP contribution is 2.00. The topological polar surface area (TPSA) is 26.3 Å². The van der Waals surface area contributed by atoms with Gasteiger partial charge < -0.3 is 4.74 Å². The second-order valence-electron chi connectivity index (χ2n) is 4.00. The summed E-state index contributed by atoms with van der Waals surface area (Å²) in [6.45, 7) is 6.32. The molecule has 2 heteroatoms. The molecule has 92 valence electrons. The second-order valence-corrected chi connectivity index (χ2v) is 4.00. The van der Waals surface area contributed by atoms with Crippen LogP contribution in [0.1, 0.15) is 40.0 Å². The Kier molecular flexibility index (Phi) is 9.77. The van der Waals surface area contributed by atoms with Crippen LogP contribution in [-0.2, 0) is 9.53 Å². The Bertz CT molecular complexity index is 356. The Morgan fingerprint density at radius 2 is 2.12 bits per heavy atom. The van der Waals surface area contributed by atoms with Crippen LogP contribution in [0.25, 0.3) is 0 Å². The van der Waals surface area contributed by atoms with Crippen molar-refractivity contribution < 1.29 is 9.53 Å². The summed E-state index contributed by atoms with van der Waals surface area (Å²) in [4.78, 5) is 11.1. The molecule has 0 aliphatic carbocycles. The van der Waals surface area contributed by atoms with Crippen molar-refractivity contribution in [2.24, 2.45) is 5.92 Å². The van der Waals surface area contributed by atoms with Crippen LogP contribution in [0.3, 0.4) is 0 Å². The predicted octanol–water partition coefficient (Wildman–Crippen LogP) is 2.94. The number of carbonyl (C=O) groups is 1. The van der Waals surface area contributed by atoms with Crippen LogP contribution in [0.4, 0.5) is 0 Å². The highest BCUT2D eigenvalue weighted by atomic mass is 16.5. The molecule has 0 unspecified atom stereocenters. The lowest BCUT2D eigenvalue weighted by molar-refractivity contribution is -0.143. The van der Waals surface area contributed by atoms with E-state index in [4.69, 9.17) is 4.74 Å². The van der Waals surface area contributed by atoms with E-state index >= 15 is 0 Å². The summed E-state index contributed by atoms with van der Waals surface area (Å²) in [5.41, 5.74) is 0. The lowest BCUT2D eigenvalue weighted by Gasteiger charge is -2.03. The maximum absolute atomic E-state index is 11.1. The van der Waals surface area contributed by atoms with E-state index in [0.717, 1.165) is 12.8 Å².